The summed E-state index contributed by atoms with van der Waals surface area (Å²) in [6.07, 6.45) is 10.6. The van der Waals surface area contributed by atoms with Crippen LogP contribution in [0.15, 0.2) is 60.4 Å². The molecule has 0 atom stereocenters. The zero-order valence-electron chi connectivity index (χ0n) is 15.8. The predicted molar refractivity (Wildman–Crippen MR) is 108 cm³/mol. The Balaban J connectivity index is 1.39. The molecule has 2 aromatic carbocycles. The third kappa shape index (κ3) is 3.14. The van der Waals surface area contributed by atoms with Gasteiger partial charge in [-0.1, -0.05) is 55.3 Å². The number of carbonyl (C=O) groups is 1. The fraction of sp³-hybridized carbons (Fsp3) is 0.292. The number of Topliss-reactive ketones (excluding diaryl/α,β-unsaturated/α-hetero) is 1. The molecule has 1 saturated carbocycles. The number of ether oxygens (including phenoxy) is 2. The number of benzene rings is 2. The topological polar surface area (TPSA) is 38.8 Å². The van der Waals surface area contributed by atoms with Crippen molar-refractivity contribution in [2.75, 3.05) is 6.73 Å². The Hall–Kier alpha value is -2.85. The second-order valence-corrected chi connectivity index (χ2v) is 7.61. The molecule has 5 rings (SSSR count). The number of carbonyl (C=O) groups excluding carboxylic acids is 1. The van der Waals surface area contributed by atoms with Crippen LogP contribution in [0.4, 0.5) is 0 Å². The first-order chi connectivity index (χ1) is 13.8. The van der Waals surface area contributed by atoms with E-state index in [4.69, 9.17) is 9.47 Å². The molecule has 2 heterocycles. The maximum atomic E-state index is 12.8. The SMILES string of the molecule is O=C1/C(=C\C=C\c2ccccc2)Oc2c1ccc1c2CN(C2CCCC2)CO1. The summed E-state index contributed by atoms with van der Waals surface area (Å²) in [5, 5.41) is 0. The smallest absolute Gasteiger partial charge is 0.231 e. The van der Waals surface area contributed by atoms with Crippen molar-refractivity contribution in [3.05, 3.63) is 77.1 Å². The van der Waals surface area contributed by atoms with Crippen molar-refractivity contribution in [2.45, 2.75) is 38.3 Å². The lowest BCUT2D eigenvalue weighted by molar-refractivity contribution is 0.0567. The number of nitrogens with zero attached hydrogens (tertiary/aromatic N) is 1. The van der Waals surface area contributed by atoms with E-state index in [9.17, 15) is 4.79 Å². The third-order valence-corrected chi connectivity index (χ3v) is 5.82. The van der Waals surface area contributed by atoms with Crippen LogP contribution in [0.2, 0.25) is 0 Å². The largest absolute Gasteiger partial charge is 0.478 e. The van der Waals surface area contributed by atoms with Gasteiger partial charge in [0.15, 0.2) is 5.76 Å². The van der Waals surface area contributed by atoms with E-state index < -0.39 is 0 Å². The van der Waals surface area contributed by atoms with Crippen LogP contribution < -0.4 is 9.47 Å². The first-order valence-corrected chi connectivity index (χ1v) is 9.98. The summed E-state index contributed by atoms with van der Waals surface area (Å²) in [4.78, 5) is 15.2. The Morgan fingerprint density at radius 3 is 2.68 bits per heavy atom. The third-order valence-electron chi connectivity index (χ3n) is 5.82. The van der Waals surface area contributed by atoms with Crippen molar-refractivity contribution < 1.29 is 14.3 Å². The van der Waals surface area contributed by atoms with E-state index in [-0.39, 0.29) is 5.78 Å². The molecule has 1 aliphatic carbocycles. The second-order valence-electron chi connectivity index (χ2n) is 7.61. The molecule has 0 bridgehead atoms. The first kappa shape index (κ1) is 17.3. The first-order valence-electron chi connectivity index (χ1n) is 9.98. The summed E-state index contributed by atoms with van der Waals surface area (Å²) < 4.78 is 12.0. The van der Waals surface area contributed by atoms with Gasteiger partial charge >= 0.3 is 0 Å². The number of fused-ring (bicyclic) bond motifs is 3. The van der Waals surface area contributed by atoms with E-state index in [1.54, 1.807) is 6.08 Å². The Morgan fingerprint density at radius 1 is 1.04 bits per heavy atom. The van der Waals surface area contributed by atoms with E-state index in [0.717, 1.165) is 23.4 Å². The van der Waals surface area contributed by atoms with Gasteiger partial charge in [-0.3, -0.25) is 9.69 Å². The van der Waals surface area contributed by atoms with Crippen molar-refractivity contribution in [1.29, 1.82) is 0 Å². The molecular weight excluding hydrogens is 350 g/mol. The van der Waals surface area contributed by atoms with Crippen molar-refractivity contribution >= 4 is 11.9 Å². The van der Waals surface area contributed by atoms with Crippen molar-refractivity contribution in [3.8, 4) is 11.5 Å². The number of hydrogen-bond donors (Lipinski definition) is 0. The van der Waals surface area contributed by atoms with Gasteiger partial charge in [0, 0.05) is 12.6 Å². The molecule has 3 aliphatic rings. The number of hydrogen-bond acceptors (Lipinski definition) is 4. The van der Waals surface area contributed by atoms with Crippen molar-refractivity contribution in [1.82, 2.24) is 4.90 Å². The van der Waals surface area contributed by atoms with Crippen LogP contribution in [0.25, 0.3) is 6.08 Å². The van der Waals surface area contributed by atoms with E-state index >= 15 is 0 Å². The zero-order valence-corrected chi connectivity index (χ0v) is 15.8. The lowest BCUT2D eigenvalue weighted by atomic mass is 10.0. The van der Waals surface area contributed by atoms with E-state index in [0.29, 0.717) is 29.8 Å². The van der Waals surface area contributed by atoms with Crippen LogP contribution in [0.3, 0.4) is 0 Å². The van der Waals surface area contributed by atoms with Crippen LogP contribution in [-0.4, -0.2) is 23.5 Å². The van der Waals surface area contributed by atoms with E-state index in [1.807, 2.05) is 54.6 Å². The lowest BCUT2D eigenvalue weighted by Gasteiger charge is -2.33. The average Bonchev–Trinajstić information content (AvgIpc) is 3.38. The molecule has 28 heavy (non-hydrogen) atoms. The molecule has 0 N–H and O–H groups in total. The van der Waals surface area contributed by atoms with Crippen LogP contribution in [0.1, 0.15) is 47.2 Å². The van der Waals surface area contributed by atoms with E-state index in [1.165, 1.54) is 25.7 Å². The standard InChI is InChI=1S/C24H23NO3/c26-23-19-13-14-21-20(15-25(16-27-21)18-10-4-5-11-18)24(19)28-22(23)12-6-9-17-7-2-1-3-8-17/h1-3,6-9,12-14,18H,4-5,10-11,15-16H2/b9-6+,22-12+. The molecule has 2 aromatic rings. The quantitative estimate of drug-likeness (QED) is 0.714. The van der Waals surface area contributed by atoms with Gasteiger partial charge in [0.1, 0.15) is 18.2 Å². The van der Waals surface area contributed by atoms with Gasteiger partial charge in [-0.05, 0) is 36.6 Å². The Morgan fingerprint density at radius 2 is 1.86 bits per heavy atom. The highest BCUT2D eigenvalue weighted by atomic mass is 16.5. The minimum absolute atomic E-state index is 0.0616. The summed E-state index contributed by atoms with van der Waals surface area (Å²) in [6.45, 7) is 1.40. The van der Waals surface area contributed by atoms with Gasteiger partial charge in [-0.2, -0.15) is 0 Å². The maximum absolute atomic E-state index is 12.8. The van der Waals surface area contributed by atoms with Gasteiger partial charge in [-0.25, -0.2) is 0 Å². The Bertz CT molecular complexity index is 955. The maximum Gasteiger partial charge on any atom is 0.231 e. The monoisotopic (exact) mass is 373 g/mol. The molecule has 0 unspecified atom stereocenters. The van der Waals surface area contributed by atoms with Gasteiger partial charge in [0.05, 0.1) is 11.1 Å². The van der Waals surface area contributed by atoms with Crippen molar-refractivity contribution in [3.63, 3.8) is 0 Å². The Labute approximate surface area is 165 Å². The van der Waals surface area contributed by atoms with Gasteiger partial charge in [0.25, 0.3) is 0 Å². The molecule has 142 valence electrons. The molecule has 0 saturated heterocycles. The molecule has 0 spiro atoms. The molecular formula is C24H23NO3. The highest BCUT2D eigenvalue weighted by molar-refractivity contribution is 6.13. The van der Waals surface area contributed by atoms with Gasteiger partial charge < -0.3 is 9.47 Å². The molecule has 4 heteroatoms. The highest BCUT2D eigenvalue weighted by Crippen LogP contribution is 2.42. The zero-order chi connectivity index (χ0) is 18.9. The van der Waals surface area contributed by atoms with Crippen LogP contribution >= 0.6 is 0 Å². The normalized spacial score (nSPS) is 21.0. The average molecular weight is 373 g/mol. The summed E-state index contributed by atoms with van der Waals surface area (Å²) in [7, 11) is 0. The van der Waals surface area contributed by atoms with Crippen molar-refractivity contribution in [2.24, 2.45) is 0 Å². The summed E-state index contributed by atoms with van der Waals surface area (Å²) in [6, 6.07) is 14.3. The molecule has 2 aliphatic heterocycles. The molecule has 1 fully saturated rings. The number of allylic oxidation sites excluding steroid dienone is 3. The number of rotatable bonds is 3. The minimum atomic E-state index is -0.0616. The summed E-state index contributed by atoms with van der Waals surface area (Å²) >= 11 is 0. The molecule has 0 radical (unpaired) electrons. The molecule has 0 aromatic heterocycles. The number of ketones is 1. The summed E-state index contributed by atoms with van der Waals surface area (Å²) in [5.41, 5.74) is 2.72. The van der Waals surface area contributed by atoms with Gasteiger partial charge in [-0.15, -0.1) is 0 Å². The molecule has 4 nitrogen and oxygen atoms in total. The van der Waals surface area contributed by atoms with E-state index in [2.05, 4.69) is 4.90 Å². The lowest BCUT2D eigenvalue weighted by Crippen LogP contribution is -2.39. The minimum Gasteiger partial charge on any atom is -0.478 e. The van der Waals surface area contributed by atoms with Gasteiger partial charge in [0.2, 0.25) is 5.78 Å². The fourth-order valence-electron chi connectivity index (χ4n) is 4.30. The van der Waals surface area contributed by atoms with Crippen LogP contribution in [0.5, 0.6) is 11.5 Å². The van der Waals surface area contributed by atoms with Crippen LogP contribution in [-0.2, 0) is 6.54 Å². The predicted octanol–water partition coefficient (Wildman–Crippen LogP) is 4.95. The second kappa shape index (κ2) is 7.28. The molecule has 0 amide bonds. The van der Waals surface area contributed by atoms with Crippen LogP contribution in [0, 0.1) is 0 Å². The fourth-order valence-corrected chi connectivity index (χ4v) is 4.30. The summed E-state index contributed by atoms with van der Waals surface area (Å²) in [5.74, 6) is 1.81. The highest BCUT2D eigenvalue weighted by Gasteiger charge is 2.35. The Kier molecular flexibility index (Phi) is 4.49.